The second kappa shape index (κ2) is 5.89. The fourth-order valence-corrected chi connectivity index (χ4v) is 3.74. The van der Waals surface area contributed by atoms with Gasteiger partial charge in [-0.3, -0.25) is 4.90 Å². The second-order valence-electron chi connectivity index (χ2n) is 7.00. The number of ether oxygens (including phenoxy) is 1. The van der Waals surface area contributed by atoms with E-state index in [0.717, 1.165) is 31.5 Å². The molecule has 0 aromatic carbocycles. The van der Waals surface area contributed by atoms with E-state index in [2.05, 4.69) is 25.7 Å². The van der Waals surface area contributed by atoms with E-state index in [9.17, 15) is 0 Å². The first-order valence-electron chi connectivity index (χ1n) is 7.59. The third kappa shape index (κ3) is 3.94. The van der Waals surface area contributed by atoms with Crippen molar-refractivity contribution in [1.29, 1.82) is 0 Å². The van der Waals surface area contributed by atoms with E-state index in [1.807, 2.05) is 0 Å². The van der Waals surface area contributed by atoms with E-state index < -0.39 is 0 Å². The van der Waals surface area contributed by atoms with E-state index >= 15 is 0 Å². The molecule has 0 aromatic heterocycles. The van der Waals surface area contributed by atoms with Gasteiger partial charge in [0.1, 0.15) is 0 Å². The number of nitrogens with zero attached hydrogens (tertiary/aromatic N) is 1. The molecule has 18 heavy (non-hydrogen) atoms. The maximum atomic E-state index is 5.97. The van der Waals surface area contributed by atoms with Gasteiger partial charge in [0.2, 0.25) is 0 Å². The SMILES string of the molecule is CC1CN(CC2CCC(CN)CC2)CC(C)(C)O1. The van der Waals surface area contributed by atoms with Crippen LogP contribution in [0.3, 0.4) is 0 Å². The van der Waals surface area contributed by atoms with E-state index in [1.54, 1.807) is 0 Å². The van der Waals surface area contributed by atoms with Gasteiger partial charge in [-0.25, -0.2) is 0 Å². The maximum Gasteiger partial charge on any atom is 0.0757 e. The summed E-state index contributed by atoms with van der Waals surface area (Å²) in [5.41, 5.74) is 5.78. The zero-order valence-corrected chi connectivity index (χ0v) is 12.3. The van der Waals surface area contributed by atoms with Gasteiger partial charge in [-0.05, 0) is 64.8 Å². The van der Waals surface area contributed by atoms with Gasteiger partial charge in [-0.2, -0.15) is 0 Å². The molecule has 1 aliphatic carbocycles. The van der Waals surface area contributed by atoms with Crippen LogP contribution in [0.2, 0.25) is 0 Å². The van der Waals surface area contributed by atoms with Gasteiger partial charge in [-0.1, -0.05) is 0 Å². The molecule has 1 heterocycles. The molecule has 2 aliphatic rings. The molecule has 106 valence electrons. The summed E-state index contributed by atoms with van der Waals surface area (Å²) < 4.78 is 5.97. The lowest BCUT2D eigenvalue weighted by atomic mass is 9.81. The lowest BCUT2D eigenvalue weighted by Gasteiger charge is -2.43. The predicted molar refractivity (Wildman–Crippen MR) is 75.6 cm³/mol. The molecule has 1 saturated heterocycles. The highest BCUT2D eigenvalue weighted by atomic mass is 16.5. The monoisotopic (exact) mass is 254 g/mol. The standard InChI is InChI=1S/C15H30N2O/c1-12-9-17(11-15(2,3)18-12)10-14-6-4-13(8-16)5-7-14/h12-14H,4-11,16H2,1-3H3. The van der Waals surface area contributed by atoms with Gasteiger partial charge in [0, 0.05) is 19.6 Å². The number of nitrogens with two attached hydrogens (primary N) is 1. The molecular formula is C15H30N2O. The third-order valence-corrected chi connectivity index (χ3v) is 4.46. The Morgan fingerprint density at radius 1 is 1.17 bits per heavy atom. The molecule has 0 radical (unpaired) electrons. The minimum atomic E-state index is 0.0200. The molecule has 1 aliphatic heterocycles. The van der Waals surface area contributed by atoms with Crippen LogP contribution in [-0.4, -0.2) is 42.8 Å². The molecule has 2 fully saturated rings. The lowest BCUT2D eigenvalue weighted by molar-refractivity contribution is -0.131. The minimum Gasteiger partial charge on any atom is -0.370 e. The number of hydrogen-bond acceptors (Lipinski definition) is 3. The topological polar surface area (TPSA) is 38.5 Å². The summed E-state index contributed by atoms with van der Waals surface area (Å²) in [4.78, 5) is 2.61. The summed E-state index contributed by atoms with van der Waals surface area (Å²) in [7, 11) is 0. The van der Waals surface area contributed by atoms with Crippen LogP contribution in [0.1, 0.15) is 46.5 Å². The van der Waals surface area contributed by atoms with Crippen molar-refractivity contribution in [3.8, 4) is 0 Å². The van der Waals surface area contributed by atoms with Crippen LogP contribution in [0.5, 0.6) is 0 Å². The predicted octanol–water partition coefficient (Wildman–Crippen LogP) is 2.25. The highest BCUT2D eigenvalue weighted by Gasteiger charge is 2.32. The van der Waals surface area contributed by atoms with E-state index in [0.29, 0.717) is 6.10 Å². The van der Waals surface area contributed by atoms with Crippen LogP contribution in [0, 0.1) is 11.8 Å². The number of hydrogen-bond donors (Lipinski definition) is 1. The van der Waals surface area contributed by atoms with Crippen LogP contribution in [0.15, 0.2) is 0 Å². The molecule has 3 heteroatoms. The molecule has 0 aromatic rings. The fraction of sp³-hybridized carbons (Fsp3) is 1.00. The van der Waals surface area contributed by atoms with Crippen molar-refractivity contribution in [2.45, 2.75) is 58.2 Å². The van der Waals surface area contributed by atoms with Gasteiger partial charge in [0.05, 0.1) is 11.7 Å². The van der Waals surface area contributed by atoms with E-state index in [1.165, 1.54) is 32.2 Å². The first kappa shape index (κ1) is 14.3. The van der Waals surface area contributed by atoms with Crippen LogP contribution in [0.4, 0.5) is 0 Å². The molecule has 0 amide bonds. The van der Waals surface area contributed by atoms with Crippen molar-refractivity contribution in [3.05, 3.63) is 0 Å². The van der Waals surface area contributed by atoms with Crippen molar-refractivity contribution < 1.29 is 4.74 Å². The Hall–Kier alpha value is -0.120. The summed E-state index contributed by atoms with van der Waals surface area (Å²) in [6.07, 6.45) is 5.78. The normalized spacial score (nSPS) is 37.7. The molecular weight excluding hydrogens is 224 g/mol. The number of rotatable bonds is 3. The zero-order chi connectivity index (χ0) is 13.2. The van der Waals surface area contributed by atoms with E-state index in [-0.39, 0.29) is 5.60 Å². The van der Waals surface area contributed by atoms with Gasteiger partial charge < -0.3 is 10.5 Å². The average molecular weight is 254 g/mol. The molecule has 1 unspecified atom stereocenters. The molecule has 2 N–H and O–H groups in total. The molecule has 0 spiro atoms. The van der Waals surface area contributed by atoms with Crippen molar-refractivity contribution in [2.24, 2.45) is 17.6 Å². The summed E-state index contributed by atoms with van der Waals surface area (Å²) >= 11 is 0. The smallest absolute Gasteiger partial charge is 0.0757 e. The lowest BCUT2D eigenvalue weighted by Crippen LogP contribution is -2.53. The highest BCUT2D eigenvalue weighted by molar-refractivity contribution is 4.84. The van der Waals surface area contributed by atoms with Gasteiger partial charge in [0.15, 0.2) is 0 Å². The van der Waals surface area contributed by atoms with Crippen LogP contribution < -0.4 is 5.73 Å². The van der Waals surface area contributed by atoms with E-state index in [4.69, 9.17) is 10.5 Å². The Morgan fingerprint density at radius 3 is 2.33 bits per heavy atom. The van der Waals surface area contributed by atoms with Crippen LogP contribution >= 0.6 is 0 Å². The quantitative estimate of drug-likeness (QED) is 0.839. The Balaban J connectivity index is 1.79. The third-order valence-electron chi connectivity index (χ3n) is 4.46. The Bertz CT molecular complexity index is 259. The zero-order valence-electron chi connectivity index (χ0n) is 12.3. The van der Waals surface area contributed by atoms with Crippen LogP contribution in [0.25, 0.3) is 0 Å². The minimum absolute atomic E-state index is 0.0200. The molecule has 0 bridgehead atoms. The van der Waals surface area contributed by atoms with Crippen molar-refractivity contribution in [2.75, 3.05) is 26.2 Å². The summed E-state index contributed by atoms with van der Waals surface area (Å²) in [6, 6.07) is 0. The Morgan fingerprint density at radius 2 is 1.78 bits per heavy atom. The first-order chi connectivity index (χ1) is 8.48. The maximum absolute atomic E-state index is 5.97. The molecule has 1 saturated carbocycles. The second-order valence-corrected chi connectivity index (χ2v) is 7.00. The van der Waals surface area contributed by atoms with Crippen molar-refractivity contribution in [1.82, 2.24) is 4.90 Å². The van der Waals surface area contributed by atoms with Gasteiger partial charge >= 0.3 is 0 Å². The number of morpholine rings is 1. The molecule has 3 nitrogen and oxygen atoms in total. The Kier molecular flexibility index (Phi) is 4.68. The first-order valence-corrected chi connectivity index (χ1v) is 7.59. The summed E-state index contributed by atoms with van der Waals surface area (Å²) in [5, 5.41) is 0. The van der Waals surface area contributed by atoms with Crippen LogP contribution in [-0.2, 0) is 4.74 Å². The average Bonchev–Trinajstić information content (AvgIpc) is 2.27. The summed E-state index contributed by atoms with van der Waals surface area (Å²) in [6.45, 7) is 10.9. The fourth-order valence-electron chi connectivity index (χ4n) is 3.74. The molecule has 2 rings (SSSR count). The molecule has 1 atom stereocenters. The van der Waals surface area contributed by atoms with Crippen molar-refractivity contribution in [3.63, 3.8) is 0 Å². The largest absolute Gasteiger partial charge is 0.370 e. The summed E-state index contributed by atoms with van der Waals surface area (Å²) in [5.74, 6) is 1.68. The van der Waals surface area contributed by atoms with Gasteiger partial charge in [0.25, 0.3) is 0 Å². The van der Waals surface area contributed by atoms with Gasteiger partial charge in [-0.15, -0.1) is 0 Å². The van der Waals surface area contributed by atoms with Crippen molar-refractivity contribution >= 4 is 0 Å². The Labute approximate surface area is 112 Å². The highest BCUT2D eigenvalue weighted by Crippen LogP contribution is 2.30.